The second-order valence-corrected chi connectivity index (χ2v) is 2.30. The fraction of sp³-hybridized carbons (Fsp3) is 0.222. The Morgan fingerprint density at radius 3 is 2.00 bits per heavy atom. The first-order valence-electron chi connectivity index (χ1n) is 3.67. The lowest BCUT2D eigenvalue weighted by Gasteiger charge is -1.84. The Balaban J connectivity index is 0.000000226. The van der Waals surface area contributed by atoms with E-state index >= 15 is 0 Å². The van der Waals surface area contributed by atoms with Crippen molar-refractivity contribution in [3.05, 3.63) is 35.9 Å². The van der Waals surface area contributed by atoms with Crippen molar-refractivity contribution in [2.24, 2.45) is 0 Å². The second kappa shape index (κ2) is 7.27. The molecule has 0 saturated heterocycles. The average Bonchev–Trinajstić information content (AvgIpc) is 2.06. The van der Waals surface area contributed by atoms with Gasteiger partial charge in [-0.1, -0.05) is 35.9 Å². The largest absolute Gasteiger partial charge is 0.342 e. The fourth-order valence-electron chi connectivity index (χ4n) is 0.587. The van der Waals surface area contributed by atoms with Gasteiger partial charge in [-0.25, -0.2) is 10.1 Å². The summed E-state index contributed by atoms with van der Waals surface area (Å²) in [5.74, 6) is -0.683. The first-order chi connectivity index (χ1) is 6.16. The minimum atomic E-state index is -0.683. The summed E-state index contributed by atoms with van der Waals surface area (Å²) in [5, 5.41) is 10.2. The van der Waals surface area contributed by atoms with Crippen LogP contribution < -0.4 is 0 Å². The van der Waals surface area contributed by atoms with Gasteiger partial charge in [0.15, 0.2) is 0 Å². The Hall–Kier alpha value is -1.39. The Morgan fingerprint density at radius 1 is 1.31 bits per heavy atom. The van der Waals surface area contributed by atoms with Crippen LogP contribution in [0, 0.1) is 6.92 Å². The number of aryl methyl sites for hydroxylation is 1. The van der Waals surface area contributed by atoms with E-state index in [2.05, 4.69) is 29.0 Å². The Bertz CT molecular complexity index is 233. The number of rotatable bonds is 1. The van der Waals surface area contributed by atoms with Gasteiger partial charge >= 0.3 is 5.97 Å². The zero-order valence-electron chi connectivity index (χ0n) is 7.56. The van der Waals surface area contributed by atoms with Crippen LogP contribution in [-0.4, -0.2) is 11.2 Å². The zero-order chi connectivity index (χ0) is 10.1. The van der Waals surface area contributed by atoms with Crippen LogP contribution >= 0.6 is 0 Å². The maximum absolute atomic E-state index is 9.54. The maximum atomic E-state index is 9.54. The van der Waals surface area contributed by atoms with Crippen LogP contribution in [0.25, 0.3) is 0 Å². The van der Waals surface area contributed by atoms with Crippen molar-refractivity contribution in [2.45, 2.75) is 13.8 Å². The predicted molar refractivity (Wildman–Crippen MR) is 46.7 cm³/mol. The summed E-state index contributed by atoms with van der Waals surface area (Å²) in [6.45, 7) is 3.19. The molecule has 0 unspecified atom stereocenters. The van der Waals surface area contributed by atoms with Gasteiger partial charge in [0.25, 0.3) is 0 Å². The van der Waals surface area contributed by atoms with Crippen LogP contribution in [-0.2, 0) is 14.7 Å². The highest BCUT2D eigenvalue weighted by Gasteiger charge is 1.85. The molecule has 13 heavy (non-hydrogen) atoms. The summed E-state index contributed by atoms with van der Waals surface area (Å²) >= 11 is 0. The van der Waals surface area contributed by atoms with Gasteiger partial charge in [-0.15, -0.1) is 0 Å². The van der Waals surface area contributed by atoms with Gasteiger partial charge in [-0.2, -0.15) is 0 Å². The molecule has 0 bridgehead atoms. The molecule has 1 aromatic carbocycles. The maximum Gasteiger partial charge on any atom is 0.342 e. The third kappa shape index (κ3) is 8.52. The van der Waals surface area contributed by atoms with Gasteiger partial charge in [0.05, 0.1) is 0 Å². The van der Waals surface area contributed by atoms with Crippen molar-refractivity contribution >= 4 is 5.97 Å². The molecule has 0 aliphatic rings. The normalized spacial score (nSPS) is 8.23. The van der Waals surface area contributed by atoms with Crippen LogP contribution in [0.3, 0.4) is 0 Å². The summed E-state index contributed by atoms with van der Waals surface area (Å²) in [6, 6.07) is 10.3. The molecule has 1 aromatic rings. The smallest absolute Gasteiger partial charge is 0.269 e. The predicted octanol–water partition coefficient (Wildman–Crippen LogP) is 1.95. The molecule has 1 N–H and O–H groups in total. The summed E-state index contributed by atoms with van der Waals surface area (Å²) in [5.41, 5.74) is 1.32. The first-order valence-corrected chi connectivity index (χ1v) is 3.67. The quantitative estimate of drug-likeness (QED) is 0.535. The van der Waals surface area contributed by atoms with Crippen LogP contribution in [0.4, 0.5) is 0 Å². The minimum Gasteiger partial charge on any atom is -0.269 e. The van der Waals surface area contributed by atoms with E-state index in [0.717, 1.165) is 6.92 Å². The molecule has 0 heterocycles. The van der Waals surface area contributed by atoms with E-state index in [0.29, 0.717) is 0 Å². The Kier molecular flexibility index (Phi) is 6.49. The lowest BCUT2D eigenvalue weighted by atomic mass is 10.2. The molecule has 0 aliphatic carbocycles. The Morgan fingerprint density at radius 2 is 1.85 bits per heavy atom. The highest BCUT2D eigenvalue weighted by molar-refractivity contribution is 5.65. The molecule has 0 spiro atoms. The SMILES string of the molecule is CC(=O)OOO.Cc1ccccc1. The number of hydrogen-bond acceptors (Lipinski definition) is 4. The van der Waals surface area contributed by atoms with Crippen LogP contribution in [0.1, 0.15) is 12.5 Å². The molecule has 4 nitrogen and oxygen atoms in total. The Labute approximate surface area is 76.6 Å². The zero-order valence-corrected chi connectivity index (χ0v) is 7.56. The molecule has 1 rings (SSSR count). The van der Waals surface area contributed by atoms with Gasteiger partial charge in [0.1, 0.15) is 0 Å². The molecule has 0 aromatic heterocycles. The van der Waals surface area contributed by atoms with E-state index in [1.807, 2.05) is 18.2 Å². The molecule has 0 atom stereocenters. The van der Waals surface area contributed by atoms with Crippen molar-refractivity contribution in [3.63, 3.8) is 0 Å². The highest BCUT2D eigenvalue weighted by atomic mass is 17.5. The number of carbonyl (C=O) groups is 1. The van der Waals surface area contributed by atoms with Crippen molar-refractivity contribution in [3.8, 4) is 0 Å². The fourth-order valence-corrected chi connectivity index (χ4v) is 0.587. The van der Waals surface area contributed by atoms with Crippen molar-refractivity contribution < 1.29 is 20.0 Å². The van der Waals surface area contributed by atoms with Gasteiger partial charge < -0.3 is 0 Å². The summed E-state index contributed by atoms with van der Waals surface area (Å²) < 4.78 is 0. The number of carbonyl (C=O) groups excluding carboxylic acids is 1. The van der Waals surface area contributed by atoms with Crippen LogP contribution in [0.2, 0.25) is 0 Å². The monoisotopic (exact) mass is 184 g/mol. The summed E-state index contributed by atoms with van der Waals surface area (Å²) in [6.07, 6.45) is 0. The number of benzene rings is 1. The second-order valence-electron chi connectivity index (χ2n) is 2.30. The lowest BCUT2D eigenvalue weighted by molar-refractivity contribution is -0.461. The van der Waals surface area contributed by atoms with E-state index < -0.39 is 5.97 Å². The molecule has 72 valence electrons. The van der Waals surface area contributed by atoms with Gasteiger partial charge in [0.2, 0.25) is 0 Å². The third-order valence-electron chi connectivity index (χ3n) is 1.10. The summed E-state index contributed by atoms with van der Waals surface area (Å²) in [7, 11) is 0. The number of hydrogen-bond donors (Lipinski definition) is 1. The van der Waals surface area contributed by atoms with Gasteiger partial charge in [-0.05, 0) is 12.0 Å². The minimum absolute atomic E-state index is 0.683. The van der Waals surface area contributed by atoms with Crippen LogP contribution in [0.15, 0.2) is 30.3 Å². The molecule has 0 radical (unpaired) electrons. The van der Waals surface area contributed by atoms with E-state index in [9.17, 15) is 4.79 Å². The molecule has 0 fully saturated rings. The highest BCUT2D eigenvalue weighted by Crippen LogP contribution is 1.92. The van der Waals surface area contributed by atoms with Crippen molar-refractivity contribution in [2.75, 3.05) is 0 Å². The van der Waals surface area contributed by atoms with Gasteiger partial charge in [-0.3, -0.25) is 4.89 Å². The van der Waals surface area contributed by atoms with E-state index in [4.69, 9.17) is 5.26 Å². The summed E-state index contributed by atoms with van der Waals surface area (Å²) in [4.78, 5) is 13.0. The molecular weight excluding hydrogens is 172 g/mol. The average molecular weight is 184 g/mol. The molecule has 4 heteroatoms. The van der Waals surface area contributed by atoms with Crippen molar-refractivity contribution in [1.82, 2.24) is 0 Å². The molecular formula is C9H12O4. The molecule has 0 amide bonds. The molecule has 0 aliphatic heterocycles. The van der Waals surface area contributed by atoms with E-state index in [1.54, 1.807) is 0 Å². The van der Waals surface area contributed by atoms with Crippen molar-refractivity contribution in [1.29, 1.82) is 0 Å². The molecule has 0 saturated carbocycles. The van der Waals surface area contributed by atoms with Gasteiger partial charge in [0, 0.05) is 6.92 Å². The lowest BCUT2D eigenvalue weighted by Crippen LogP contribution is -1.95. The standard InChI is InChI=1S/C7H8.C2H4O4/c1-7-5-3-2-4-6-7;1-2(3)5-6-4/h2-6H,1H3;4H,1H3. The van der Waals surface area contributed by atoms with Crippen LogP contribution in [0.5, 0.6) is 0 Å². The van der Waals surface area contributed by atoms with E-state index in [1.165, 1.54) is 5.56 Å². The van der Waals surface area contributed by atoms with E-state index in [-0.39, 0.29) is 0 Å². The topological polar surface area (TPSA) is 55.8 Å². The first kappa shape index (κ1) is 11.6. The third-order valence-corrected chi connectivity index (χ3v) is 1.10.